The minimum atomic E-state index is -3.46. The number of rotatable bonds is 4. The van der Waals surface area contributed by atoms with Crippen molar-refractivity contribution in [1.29, 1.82) is 0 Å². The summed E-state index contributed by atoms with van der Waals surface area (Å²) in [5.41, 5.74) is 6.23. The molecule has 0 spiro atoms. The molecule has 0 bridgehead atoms. The van der Waals surface area contributed by atoms with Gasteiger partial charge in [0.25, 0.3) is 0 Å². The van der Waals surface area contributed by atoms with Gasteiger partial charge in [-0.15, -0.1) is 0 Å². The van der Waals surface area contributed by atoms with E-state index in [2.05, 4.69) is 16.9 Å². The van der Waals surface area contributed by atoms with Crippen molar-refractivity contribution in [3.8, 4) is 0 Å². The first-order chi connectivity index (χ1) is 12.6. The molecule has 1 aliphatic heterocycles. The molecule has 0 amide bonds. The van der Waals surface area contributed by atoms with Crippen LogP contribution in [0.4, 0.5) is 0 Å². The van der Waals surface area contributed by atoms with E-state index in [1.54, 1.807) is 4.31 Å². The minimum Gasteiger partial charge on any atom is -0.296 e. The summed E-state index contributed by atoms with van der Waals surface area (Å²) in [6.45, 7) is 13.2. The van der Waals surface area contributed by atoms with Crippen LogP contribution in [0.1, 0.15) is 33.6 Å². The zero-order chi connectivity index (χ0) is 19.9. The molecule has 3 rings (SSSR count). The second-order valence-corrected chi connectivity index (χ2v) is 9.56. The molecule has 0 N–H and O–H groups in total. The maximum Gasteiger partial charge on any atom is 0.243 e. The Balaban J connectivity index is 1.74. The minimum absolute atomic E-state index is 0.473. The average Bonchev–Trinajstić information content (AvgIpc) is 2.80. The molecule has 1 fully saturated rings. The van der Waals surface area contributed by atoms with E-state index < -0.39 is 10.0 Å². The topological polar surface area (TPSA) is 58.4 Å². The largest absolute Gasteiger partial charge is 0.296 e. The predicted molar refractivity (Wildman–Crippen MR) is 107 cm³/mol. The molecule has 7 heteroatoms. The zero-order valence-electron chi connectivity index (χ0n) is 17.2. The average molecular weight is 391 g/mol. The Hall–Kier alpha value is -1.70. The lowest BCUT2D eigenvalue weighted by Gasteiger charge is -2.34. The van der Waals surface area contributed by atoms with Gasteiger partial charge >= 0.3 is 0 Å². The summed E-state index contributed by atoms with van der Waals surface area (Å²) in [5, 5.41) is 4.48. The van der Waals surface area contributed by atoms with Crippen LogP contribution in [0.25, 0.3) is 0 Å². The van der Waals surface area contributed by atoms with Crippen molar-refractivity contribution in [2.45, 2.75) is 46.1 Å². The quantitative estimate of drug-likeness (QED) is 0.805. The Kier molecular flexibility index (Phi) is 5.47. The second kappa shape index (κ2) is 7.37. The van der Waals surface area contributed by atoms with E-state index in [0.29, 0.717) is 18.0 Å². The van der Waals surface area contributed by atoms with E-state index in [1.165, 1.54) is 11.3 Å². The third-order valence-corrected chi connectivity index (χ3v) is 7.78. The van der Waals surface area contributed by atoms with Gasteiger partial charge in [0.2, 0.25) is 10.0 Å². The fraction of sp³-hybridized carbons (Fsp3) is 0.550. The fourth-order valence-corrected chi connectivity index (χ4v) is 5.93. The summed E-state index contributed by atoms with van der Waals surface area (Å²) in [6, 6.07) is 3.90. The number of aryl methyl sites for hydroxylation is 5. The third-order valence-electron chi connectivity index (χ3n) is 5.57. The van der Waals surface area contributed by atoms with Crippen molar-refractivity contribution in [3.63, 3.8) is 0 Å². The Morgan fingerprint density at radius 3 is 2.00 bits per heavy atom. The fourth-order valence-electron chi connectivity index (χ4n) is 4.10. The number of nitrogens with zero attached hydrogens (tertiary/aromatic N) is 4. The molecule has 0 unspecified atom stereocenters. The van der Waals surface area contributed by atoms with Crippen LogP contribution in [0.5, 0.6) is 0 Å². The molecule has 1 aromatic heterocycles. The van der Waals surface area contributed by atoms with Gasteiger partial charge in [0.1, 0.15) is 0 Å². The van der Waals surface area contributed by atoms with Gasteiger partial charge in [-0.3, -0.25) is 9.58 Å². The molecule has 6 nitrogen and oxygen atoms in total. The predicted octanol–water partition coefficient (Wildman–Crippen LogP) is 2.47. The van der Waals surface area contributed by atoms with Crippen molar-refractivity contribution in [2.24, 2.45) is 7.05 Å². The van der Waals surface area contributed by atoms with Crippen LogP contribution < -0.4 is 0 Å². The highest BCUT2D eigenvalue weighted by atomic mass is 32.2. The zero-order valence-corrected chi connectivity index (χ0v) is 18.0. The Morgan fingerprint density at radius 2 is 1.52 bits per heavy atom. The molecule has 0 saturated carbocycles. The standard InChI is InChI=1S/C20H30N4O2S/c1-14-11-15(2)20(16(3)12-14)27(25,26)24-9-7-23(8-10-24)13-19-17(4)21-22(6)18(19)5/h11-12H,7-10,13H2,1-6H3. The van der Waals surface area contributed by atoms with Gasteiger partial charge in [-0.2, -0.15) is 9.40 Å². The maximum atomic E-state index is 13.2. The molecule has 1 aromatic carbocycles. The molecule has 0 atom stereocenters. The van der Waals surface area contributed by atoms with Crippen LogP contribution in [0.3, 0.4) is 0 Å². The molecule has 0 aliphatic carbocycles. The van der Waals surface area contributed by atoms with Crippen LogP contribution in [-0.4, -0.2) is 53.6 Å². The monoisotopic (exact) mass is 390 g/mol. The molecular formula is C20H30N4O2S. The molecular weight excluding hydrogens is 360 g/mol. The van der Waals surface area contributed by atoms with Gasteiger partial charge < -0.3 is 0 Å². The van der Waals surface area contributed by atoms with Gasteiger partial charge in [-0.05, 0) is 45.7 Å². The first kappa shape index (κ1) is 20.0. The van der Waals surface area contributed by atoms with Gasteiger partial charge in [0.15, 0.2) is 0 Å². The van der Waals surface area contributed by atoms with Crippen molar-refractivity contribution in [1.82, 2.24) is 19.0 Å². The number of sulfonamides is 1. The number of hydrogen-bond donors (Lipinski definition) is 0. The molecule has 2 heterocycles. The number of hydrogen-bond acceptors (Lipinski definition) is 4. The highest BCUT2D eigenvalue weighted by molar-refractivity contribution is 7.89. The van der Waals surface area contributed by atoms with E-state index >= 15 is 0 Å². The summed E-state index contributed by atoms with van der Waals surface area (Å²) >= 11 is 0. The van der Waals surface area contributed by atoms with Crippen molar-refractivity contribution in [3.05, 3.63) is 45.8 Å². The van der Waals surface area contributed by atoms with Crippen LogP contribution in [-0.2, 0) is 23.6 Å². The summed E-state index contributed by atoms with van der Waals surface area (Å²) in [7, 11) is -1.50. The Labute approximate surface area is 162 Å². The molecule has 148 valence electrons. The first-order valence-electron chi connectivity index (χ1n) is 9.40. The third kappa shape index (κ3) is 3.81. The molecule has 0 radical (unpaired) electrons. The summed E-state index contributed by atoms with van der Waals surface area (Å²) in [6.07, 6.45) is 0. The van der Waals surface area contributed by atoms with Crippen LogP contribution in [0.15, 0.2) is 17.0 Å². The SMILES string of the molecule is Cc1cc(C)c(S(=O)(=O)N2CCN(Cc3c(C)nn(C)c3C)CC2)c(C)c1. The van der Waals surface area contributed by atoms with E-state index in [9.17, 15) is 8.42 Å². The summed E-state index contributed by atoms with van der Waals surface area (Å²) < 4.78 is 30.0. The number of aromatic nitrogens is 2. The Morgan fingerprint density at radius 1 is 0.963 bits per heavy atom. The lowest BCUT2D eigenvalue weighted by atomic mass is 10.1. The van der Waals surface area contributed by atoms with Crippen molar-refractivity contribution >= 4 is 10.0 Å². The smallest absolute Gasteiger partial charge is 0.243 e. The molecule has 1 saturated heterocycles. The van der Waals surface area contributed by atoms with E-state index in [-0.39, 0.29) is 0 Å². The molecule has 2 aromatic rings. The van der Waals surface area contributed by atoms with Gasteiger partial charge in [-0.25, -0.2) is 8.42 Å². The van der Waals surface area contributed by atoms with Gasteiger partial charge in [0.05, 0.1) is 10.6 Å². The second-order valence-electron chi connectivity index (χ2n) is 7.68. The molecule has 27 heavy (non-hydrogen) atoms. The van der Waals surface area contributed by atoms with Gasteiger partial charge in [-0.1, -0.05) is 17.7 Å². The molecule has 1 aliphatic rings. The summed E-state index contributed by atoms with van der Waals surface area (Å²) in [4.78, 5) is 2.79. The number of piperazine rings is 1. The highest BCUT2D eigenvalue weighted by Crippen LogP contribution is 2.26. The van der Waals surface area contributed by atoms with Crippen LogP contribution >= 0.6 is 0 Å². The van der Waals surface area contributed by atoms with Crippen molar-refractivity contribution < 1.29 is 8.42 Å². The highest BCUT2D eigenvalue weighted by Gasteiger charge is 2.31. The Bertz CT molecular complexity index is 932. The lowest BCUT2D eigenvalue weighted by Crippen LogP contribution is -2.48. The van der Waals surface area contributed by atoms with Crippen LogP contribution in [0, 0.1) is 34.6 Å². The summed E-state index contributed by atoms with van der Waals surface area (Å²) in [5.74, 6) is 0. The first-order valence-corrected chi connectivity index (χ1v) is 10.8. The number of benzene rings is 1. The van der Waals surface area contributed by atoms with Crippen molar-refractivity contribution in [2.75, 3.05) is 26.2 Å². The lowest BCUT2D eigenvalue weighted by molar-refractivity contribution is 0.181. The van der Waals surface area contributed by atoms with E-state index in [1.807, 2.05) is 51.6 Å². The van der Waals surface area contributed by atoms with E-state index in [0.717, 1.165) is 42.0 Å². The van der Waals surface area contributed by atoms with E-state index in [4.69, 9.17) is 0 Å². The van der Waals surface area contributed by atoms with Gasteiger partial charge in [0, 0.05) is 51.0 Å². The van der Waals surface area contributed by atoms with Crippen LogP contribution in [0.2, 0.25) is 0 Å². The maximum absolute atomic E-state index is 13.2. The normalized spacial score (nSPS) is 16.8.